The first kappa shape index (κ1) is 16.3. The highest BCUT2D eigenvalue weighted by Crippen LogP contribution is 2.26. The molecule has 0 radical (unpaired) electrons. The van der Waals surface area contributed by atoms with Crippen LogP contribution in [0, 0.1) is 0 Å². The fourth-order valence-electron chi connectivity index (χ4n) is 2.06. The van der Waals surface area contributed by atoms with Crippen LogP contribution in [0.25, 0.3) is 5.78 Å². The third kappa shape index (κ3) is 3.65. The van der Waals surface area contributed by atoms with E-state index in [1.165, 1.54) is 11.8 Å². The standard InChI is InChI=1S/C16H17N5O2S/c1-3-23-13-8-5-4-7-12(13)18-14(22)11(2)24-16-19-15-17-9-6-10-21(15)20-16/h4-11H,3H2,1-2H3,(H,18,22). The van der Waals surface area contributed by atoms with Crippen LogP contribution < -0.4 is 10.1 Å². The molecular weight excluding hydrogens is 326 g/mol. The molecule has 0 bridgehead atoms. The van der Waals surface area contributed by atoms with Crippen LogP contribution in [-0.4, -0.2) is 37.3 Å². The van der Waals surface area contributed by atoms with Gasteiger partial charge in [-0.15, -0.1) is 5.10 Å². The number of para-hydroxylation sites is 2. The summed E-state index contributed by atoms with van der Waals surface area (Å²) >= 11 is 1.28. The van der Waals surface area contributed by atoms with Gasteiger partial charge in [0.15, 0.2) is 0 Å². The van der Waals surface area contributed by atoms with E-state index in [4.69, 9.17) is 4.74 Å². The van der Waals surface area contributed by atoms with Crippen molar-refractivity contribution in [2.45, 2.75) is 24.3 Å². The molecule has 24 heavy (non-hydrogen) atoms. The van der Waals surface area contributed by atoms with Gasteiger partial charge in [0.05, 0.1) is 17.5 Å². The number of amides is 1. The SMILES string of the molecule is CCOc1ccccc1NC(=O)C(C)Sc1nc2ncccn2n1. The lowest BCUT2D eigenvalue weighted by molar-refractivity contribution is -0.115. The predicted molar refractivity (Wildman–Crippen MR) is 92.3 cm³/mol. The van der Waals surface area contributed by atoms with Gasteiger partial charge in [0, 0.05) is 12.4 Å². The maximum atomic E-state index is 12.4. The van der Waals surface area contributed by atoms with E-state index in [-0.39, 0.29) is 11.2 Å². The molecule has 0 saturated carbocycles. The number of ether oxygens (including phenoxy) is 1. The number of fused-ring (bicyclic) bond motifs is 1. The number of carbonyl (C=O) groups is 1. The largest absolute Gasteiger partial charge is 0.492 e. The van der Waals surface area contributed by atoms with Crippen LogP contribution in [0.2, 0.25) is 0 Å². The van der Waals surface area contributed by atoms with Gasteiger partial charge in [0.25, 0.3) is 5.78 Å². The third-order valence-corrected chi connectivity index (χ3v) is 4.14. The average molecular weight is 343 g/mol. The van der Waals surface area contributed by atoms with Crippen LogP contribution >= 0.6 is 11.8 Å². The Morgan fingerprint density at radius 3 is 3.00 bits per heavy atom. The van der Waals surface area contributed by atoms with Gasteiger partial charge in [-0.1, -0.05) is 23.9 Å². The molecule has 2 aromatic heterocycles. The maximum absolute atomic E-state index is 12.4. The van der Waals surface area contributed by atoms with E-state index < -0.39 is 0 Å². The zero-order valence-corrected chi connectivity index (χ0v) is 14.2. The summed E-state index contributed by atoms with van der Waals surface area (Å²) in [5, 5.41) is 7.32. The molecule has 1 aromatic carbocycles. The van der Waals surface area contributed by atoms with E-state index in [1.807, 2.05) is 38.1 Å². The molecule has 0 spiro atoms. The molecule has 1 unspecified atom stereocenters. The van der Waals surface area contributed by atoms with E-state index in [1.54, 1.807) is 23.0 Å². The number of hydrogen-bond donors (Lipinski definition) is 1. The Morgan fingerprint density at radius 2 is 2.21 bits per heavy atom. The van der Waals surface area contributed by atoms with Gasteiger partial charge in [-0.25, -0.2) is 9.50 Å². The Morgan fingerprint density at radius 1 is 1.38 bits per heavy atom. The molecule has 7 nitrogen and oxygen atoms in total. The molecule has 3 aromatic rings. The molecule has 1 amide bonds. The minimum atomic E-state index is -0.364. The van der Waals surface area contributed by atoms with Crippen molar-refractivity contribution in [2.24, 2.45) is 0 Å². The van der Waals surface area contributed by atoms with Crippen LogP contribution in [0.1, 0.15) is 13.8 Å². The highest BCUT2D eigenvalue weighted by atomic mass is 32.2. The maximum Gasteiger partial charge on any atom is 0.253 e. The van der Waals surface area contributed by atoms with E-state index in [0.717, 1.165) is 0 Å². The zero-order valence-electron chi connectivity index (χ0n) is 13.3. The molecule has 0 saturated heterocycles. The van der Waals surface area contributed by atoms with Gasteiger partial charge in [0.2, 0.25) is 11.1 Å². The number of aromatic nitrogens is 4. The van der Waals surface area contributed by atoms with E-state index in [9.17, 15) is 4.79 Å². The number of carbonyl (C=O) groups excluding carboxylic acids is 1. The Balaban J connectivity index is 1.68. The number of thioether (sulfide) groups is 1. The first-order valence-corrected chi connectivity index (χ1v) is 8.42. The first-order valence-electron chi connectivity index (χ1n) is 7.54. The highest BCUT2D eigenvalue weighted by Gasteiger charge is 2.18. The minimum Gasteiger partial charge on any atom is -0.492 e. The number of anilines is 1. The Labute approximate surface area is 143 Å². The van der Waals surface area contributed by atoms with Crippen LogP contribution in [0.15, 0.2) is 47.9 Å². The molecule has 3 rings (SSSR count). The van der Waals surface area contributed by atoms with Gasteiger partial charge in [0.1, 0.15) is 5.75 Å². The monoisotopic (exact) mass is 343 g/mol. The van der Waals surface area contributed by atoms with Crippen molar-refractivity contribution in [2.75, 3.05) is 11.9 Å². The Bertz CT molecular complexity index is 818. The molecule has 1 atom stereocenters. The molecule has 0 aliphatic rings. The predicted octanol–water partition coefficient (Wildman–Crippen LogP) is 2.64. The van der Waals surface area contributed by atoms with Crippen molar-refractivity contribution in [1.29, 1.82) is 0 Å². The molecule has 0 fully saturated rings. The topological polar surface area (TPSA) is 81.4 Å². The normalized spacial score (nSPS) is 12.1. The first-order chi connectivity index (χ1) is 11.7. The summed E-state index contributed by atoms with van der Waals surface area (Å²) in [6, 6.07) is 9.13. The molecule has 1 N–H and O–H groups in total. The number of rotatable bonds is 6. The molecule has 2 heterocycles. The third-order valence-electron chi connectivity index (χ3n) is 3.19. The summed E-state index contributed by atoms with van der Waals surface area (Å²) in [4.78, 5) is 20.8. The number of hydrogen-bond acceptors (Lipinski definition) is 6. The van der Waals surface area contributed by atoms with Gasteiger partial charge in [-0.05, 0) is 32.0 Å². The fourth-order valence-corrected chi connectivity index (χ4v) is 2.81. The number of nitrogens with one attached hydrogen (secondary N) is 1. The summed E-state index contributed by atoms with van der Waals surface area (Å²) in [6.07, 6.45) is 3.42. The summed E-state index contributed by atoms with van der Waals surface area (Å²) in [5.41, 5.74) is 0.654. The van der Waals surface area contributed by atoms with Crippen molar-refractivity contribution in [3.8, 4) is 5.75 Å². The van der Waals surface area contributed by atoms with Crippen LogP contribution in [-0.2, 0) is 4.79 Å². The summed E-state index contributed by atoms with van der Waals surface area (Å²) < 4.78 is 7.10. The summed E-state index contributed by atoms with van der Waals surface area (Å²) in [7, 11) is 0. The molecular formula is C16H17N5O2S. The van der Waals surface area contributed by atoms with Crippen molar-refractivity contribution >= 4 is 29.1 Å². The molecule has 0 aliphatic carbocycles. The number of nitrogens with zero attached hydrogens (tertiary/aromatic N) is 4. The van der Waals surface area contributed by atoms with Gasteiger partial charge in [-0.2, -0.15) is 4.98 Å². The lowest BCUT2D eigenvalue weighted by Crippen LogP contribution is -2.22. The average Bonchev–Trinajstić information content (AvgIpc) is 2.99. The Hall–Kier alpha value is -2.61. The van der Waals surface area contributed by atoms with E-state index in [0.29, 0.717) is 29.0 Å². The van der Waals surface area contributed by atoms with Gasteiger partial charge in [-0.3, -0.25) is 4.79 Å². The van der Waals surface area contributed by atoms with Crippen molar-refractivity contribution < 1.29 is 9.53 Å². The van der Waals surface area contributed by atoms with E-state index >= 15 is 0 Å². The summed E-state index contributed by atoms with van der Waals surface area (Å²) in [5.74, 6) is 1.02. The Kier molecular flexibility index (Phi) is 4.95. The van der Waals surface area contributed by atoms with Gasteiger partial charge < -0.3 is 10.1 Å². The zero-order chi connectivity index (χ0) is 16.9. The van der Waals surface area contributed by atoms with E-state index in [2.05, 4.69) is 20.4 Å². The van der Waals surface area contributed by atoms with Gasteiger partial charge >= 0.3 is 0 Å². The molecule has 8 heteroatoms. The van der Waals surface area contributed by atoms with Crippen LogP contribution in [0.5, 0.6) is 5.75 Å². The smallest absolute Gasteiger partial charge is 0.253 e. The molecule has 0 aliphatic heterocycles. The second-order valence-corrected chi connectivity index (χ2v) is 6.25. The molecule has 124 valence electrons. The van der Waals surface area contributed by atoms with Crippen molar-refractivity contribution in [3.05, 3.63) is 42.7 Å². The lowest BCUT2D eigenvalue weighted by Gasteiger charge is -2.13. The highest BCUT2D eigenvalue weighted by molar-refractivity contribution is 8.00. The van der Waals surface area contributed by atoms with Crippen LogP contribution in [0.3, 0.4) is 0 Å². The second-order valence-electron chi connectivity index (χ2n) is 4.94. The summed E-state index contributed by atoms with van der Waals surface area (Å²) in [6.45, 7) is 4.25. The van der Waals surface area contributed by atoms with Crippen LogP contribution in [0.4, 0.5) is 5.69 Å². The van der Waals surface area contributed by atoms with Crippen molar-refractivity contribution in [1.82, 2.24) is 19.6 Å². The van der Waals surface area contributed by atoms with Crippen molar-refractivity contribution in [3.63, 3.8) is 0 Å². The second kappa shape index (κ2) is 7.31. The minimum absolute atomic E-state index is 0.140. The lowest BCUT2D eigenvalue weighted by atomic mass is 10.3. The quantitative estimate of drug-likeness (QED) is 0.693. The number of benzene rings is 1. The fraction of sp³-hybridized carbons (Fsp3) is 0.250.